The van der Waals surface area contributed by atoms with E-state index in [4.69, 9.17) is 4.99 Å². The van der Waals surface area contributed by atoms with Crippen LogP contribution in [0.2, 0.25) is 0 Å². The highest BCUT2D eigenvalue weighted by atomic mass is 16.3. The van der Waals surface area contributed by atoms with E-state index in [1.165, 1.54) is 33.4 Å². The first kappa shape index (κ1) is 20.3. The molecule has 0 saturated heterocycles. The molecule has 6 rings (SSSR count). The second-order valence-corrected chi connectivity index (χ2v) is 8.47. The molecule has 5 aromatic carbocycles. The van der Waals surface area contributed by atoms with Gasteiger partial charge in [0.05, 0.1) is 18.0 Å². The van der Waals surface area contributed by atoms with Gasteiger partial charge < -0.3 is 5.11 Å². The number of benzene rings is 5. The summed E-state index contributed by atoms with van der Waals surface area (Å²) in [6, 6.07) is 42.0. The fraction of sp³-hybridized carbons (Fsp3) is 0.0312. The Hall–Kier alpha value is -4.27. The van der Waals surface area contributed by atoms with Gasteiger partial charge in [-0.2, -0.15) is 0 Å². The average Bonchev–Trinajstić information content (AvgIpc) is 3.24. The summed E-state index contributed by atoms with van der Waals surface area (Å²) in [6.07, 6.45) is 0. The van der Waals surface area contributed by atoms with Crippen molar-refractivity contribution in [2.24, 2.45) is 4.99 Å². The molecule has 0 saturated carbocycles. The van der Waals surface area contributed by atoms with Crippen LogP contribution < -0.4 is 0 Å². The zero-order valence-electron chi connectivity index (χ0n) is 18.6. The van der Waals surface area contributed by atoms with Crippen molar-refractivity contribution in [2.75, 3.05) is 0 Å². The van der Waals surface area contributed by atoms with Gasteiger partial charge in [-0.15, -0.1) is 0 Å². The van der Waals surface area contributed by atoms with Crippen LogP contribution in [0.25, 0.3) is 33.4 Å². The summed E-state index contributed by atoms with van der Waals surface area (Å²) in [6.45, 7) is 0.0311. The third kappa shape index (κ3) is 3.45. The topological polar surface area (TPSA) is 32.6 Å². The van der Waals surface area contributed by atoms with Gasteiger partial charge >= 0.3 is 0 Å². The molecular weight excluding hydrogens is 414 g/mol. The maximum absolute atomic E-state index is 9.41. The van der Waals surface area contributed by atoms with Crippen molar-refractivity contribution in [1.29, 1.82) is 0 Å². The molecule has 0 bridgehead atoms. The van der Waals surface area contributed by atoms with Crippen LogP contribution in [-0.4, -0.2) is 10.8 Å². The van der Waals surface area contributed by atoms with Crippen LogP contribution in [0, 0.1) is 0 Å². The maximum Gasteiger partial charge on any atom is 0.0794 e. The Bertz CT molecular complexity index is 1410. The van der Waals surface area contributed by atoms with Gasteiger partial charge in [0.2, 0.25) is 0 Å². The summed E-state index contributed by atoms with van der Waals surface area (Å²) in [5.41, 5.74) is 12.3. The van der Waals surface area contributed by atoms with Crippen molar-refractivity contribution in [1.82, 2.24) is 0 Å². The molecule has 0 aliphatic heterocycles. The Kier molecular flexibility index (Phi) is 5.14. The molecule has 34 heavy (non-hydrogen) atoms. The lowest BCUT2D eigenvalue weighted by molar-refractivity contribution is 0.282. The Morgan fingerprint density at radius 3 is 1.41 bits per heavy atom. The van der Waals surface area contributed by atoms with Crippen molar-refractivity contribution >= 4 is 11.4 Å². The summed E-state index contributed by atoms with van der Waals surface area (Å²) >= 11 is 0. The number of hydrogen-bond acceptors (Lipinski definition) is 2. The molecule has 0 heterocycles. The van der Waals surface area contributed by atoms with Crippen molar-refractivity contribution in [2.45, 2.75) is 6.61 Å². The molecule has 1 aliphatic rings. The fourth-order valence-electron chi connectivity index (χ4n) is 4.83. The summed E-state index contributed by atoms with van der Waals surface area (Å²) in [5, 5.41) is 9.41. The van der Waals surface area contributed by atoms with E-state index in [1.54, 1.807) is 0 Å². The van der Waals surface area contributed by atoms with Crippen LogP contribution in [0.15, 0.2) is 126 Å². The predicted octanol–water partition coefficient (Wildman–Crippen LogP) is 7.66. The Morgan fingerprint density at radius 1 is 0.471 bits per heavy atom. The minimum atomic E-state index is 0.0311. The van der Waals surface area contributed by atoms with Crippen molar-refractivity contribution in [3.05, 3.63) is 138 Å². The fourth-order valence-corrected chi connectivity index (χ4v) is 4.83. The molecule has 0 radical (unpaired) electrons. The second kappa shape index (κ2) is 8.58. The number of aliphatic hydroxyl groups excluding tert-OH is 1. The van der Waals surface area contributed by atoms with E-state index >= 15 is 0 Å². The minimum Gasteiger partial charge on any atom is -0.392 e. The Labute approximate surface area is 199 Å². The van der Waals surface area contributed by atoms with Crippen LogP contribution in [0.3, 0.4) is 0 Å². The highest BCUT2D eigenvalue weighted by Gasteiger charge is 2.30. The van der Waals surface area contributed by atoms with Gasteiger partial charge in [-0.25, -0.2) is 4.99 Å². The van der Waals surface area contributed by atoms with E-state index in [0.29, 0.717) is 0 Å². The molecular formula is C32H23NO. The maximum atomic E-state index is 9.41. The standard InChI is InChI=1S/C32H23NO/c34-21-22-17-19-25(20-18-22)33-32-28-15-7-13-26(23-9-3-1-4-10-23)30(28)31-27(14-8-16-29(31)32)24-11-5-2-6-12-24/h1-20,34H,21H2. The van der Waals surface area contributed by atoms with Crippen LogP contribution in [0.1, 0.15) is 16.7 Å². The van der Waals surface area contributed by atoms with E-state index in [-0.39, 0.29) is 6.61 Å². The van der Waals surface area contributed by atoms with Gasteiger partial charge in [0.25, 0.3) is 0 Å². The van der Waals surface area contributed by atoms with E-state index in [0.717, 1.165) is 28.1 Å². The Balaban J connectivity index is 1.65. The molecule has 0 spiro atoms. The second-order valence-electron chi connectivity index (χ2n) is 8.47. The highest BCUT2D eigenvalue weighted by molar-refractivity contribution is 6.28. The lowest BCUT2D eigenvalue weighted by Crippen LogP contribution is -1.98. The molecule has 1 aliphatic carbocycles. The van der Waals surface area contributed by atoms with E-state index in [2.05, 4.69) is 97.1 Å². The predicted molar refractivity (Wildman–Crippen MR) is 140 cm³/mol. The number of fused-ring (bicyclic) bond motifs is 3. The largest absolute Gasteiger partial charge is 0.392 e. The molecule has 162 valence electrons. The van der Waals surface area contributed by atoms with Gasteiger partial charge in [0.1, 0.15) is 0 Å². The number of aliphatic imine (C=N–C) groups is 1. The van der Waals surface area contributed by atoms with Gasteiger partial charge in [0, 0.05) is 22.3 Å². The van der Waals surface area contributed by atoms with Crippen LogP contribution in [-0.2, 0) is 6.61 Å². The summed E-state index contributed by atoms with van der Waals surface area (Å²) < 4.78 is 0. The smallest absolute Gasteiger partial charge is 0.0794 e. The number of nitrogens with zero attached hydrogens (tertiary/aromatic N) is 1. The lowest BCUT2D eigenvalue weighted by Gasteiger charge is -2.13. The number of hydrogen-bond donors (Lipinski definition) is 1. The molecule has 5 aromatic rings. The first-order chi connectivity index (χ1) is 16.8. The van der Waals surface area contributed by atoms with Crippen molar-refractivity contribution in [3.63, 3.8) is 0 Å². The first-order valence-electron chi connectivity index (χ1n) is 11.5. The highest BCUT2D eigenvalue weighted by Crippen LogP contribution is 2.48. The number of aliphatic hydroxyl groups is 1. The molecule has 0 aromatic heterocycles. The summed E-state index contributed by atoms with van der Waals surface area (Å²) in [7, 11) is 0. The quantitative estimate of drug-likeness (QED) is 0.302. The van der Waals surface area contributed by atoms with Gasteiger partial charge in [0.15, 0.2) is 0 Å². The third-order valence-electron chi connectivity index (χ3n) is 6.42. The average molecular weight is 438 g/mol. The molecule has 0 fully saturated rings. The van der Waals surface area contributed by atoms with Crippen LogP contribution in [0.5, 0.6) is 0 Å². The SMILES string of the molecule is OCc1ccc(N=C2c3cccc(-c4ccccc4)c3-c3c2cccc3-c2ccccc2)cc1. The third-order valence-corrected chi connectivity index (χ3v) is 6.42. The first-order valence-corrected chi connectivity index (χ1v) is 11.5. The molecule has 1 N–H and O–H groups in total. The zero-order chi connectivity index (χ0) is 22.9. The van der Waals surface area contributed by atoms with Crippen LogP contribution in [0.4, 0.5) is 5.69 Å². The lowest BCUT2D eigenvalue weighted by atomic mass is 9.89. The minimum absolute atomic E-state index is 0.0311. The van der Waals surface area contributed by atoms with E-state index in [9.17, 15) is 5.11 Å². The zero-order valence-corrected chi connectivity index (χ0v) is 18.6. The van der Waals surface area contributed by atoms with Gasteiger partial charge in [-0.05, 0) is 39.9 Å². The monoisotopic (exact) mass is 437 g/mol. The molecule has 0 amide bonds. The molecule has 0 unspecified atom stereocenters. The normalized spacial score (nSPS) is 11.7. The van der Waals surface area contributed by atoms with Crippen molar-refractivity contribution in [3.8, 4) is 33.4 Å². The molecule has 2 nitrogen and oxygen atoms in total. The summed E-state index contributed by atoms with van der Waals surface area (Å²) in [5.74, 6) is 0. The van der Waals surface area contributed by atoms with Crippen LogP contribution >= 0.6 is 0 Å². The van der Waals surface area contributed by atoms with E-state index in [1.807, 2.05) is 24.3 Å². The van der Waals surface area contributed by atoms with Crippen molar-refractivity contribution < 1.29 is 5.11 Å². The molecule has 0 atom stereocenters. The molecule has 2 heteroatoms. The van der Waals surface area contributed by atoms with E-state index < -0.39 is 0 Å². The summed E-state index contributed by atoms with van der Waals surface area (Å²) in [4.78, 5) is 5.12. The van der Waals surface area contributed by atoms with Gasteiger partial charge in [-0.3, -0.25) is 0 Å². The van der Waals surface area contributed by atoms with Gasteiger partial charge in [-0.1, -0.05) is 109 Å². The number of rotatable bonds is 4. The Morgan fingerprint density at radius 2 is 0.941 bits per heavy atom.